The predicted molar refractivity (Wildman–Crippen MR) is 92.6 cm³/mol. The summed E-state index contributed by atoms with van der Waals surface area (Å²) in [5.74, 6) is 0.675. The van der Waals surface area contributed by atoms with Gasteiger partial charge in [0.15, 0.2) is 0 Å². The van der Waals surface area contributed by atoms with Crippen LogP contribution in [0.25, 0.3) is 0 Å². The standard InChI is InChI=1S/C14H20Br2N2O2S/c1-9-3-2-4-11(6-5-9)18-21(19,20)14-12(15)7-10(17)8-13(14)16/h7-9,11,18H,2-6,17H2,1H3. The third-order valence-corrected chi connectivity index (χ3v) is 7.27. The molecule has 4 nitrogen and oxygen atoms in total. The van der Waals surface area contributed by atoms with Crippen LogP contribution in [0.2, 0.25) is 0 Å². The van der Waals surface area contributed by atoms with Crippen LogP contribution in [0.4, 0.5) is 5.69 Å². The Morgan fingerprint density at radius 2 is 1.76 bits per heavy atom. The largest absolute Gasteiger partial charge is 0.399 e. The summed E-state index contributed by atoms with van der Waals surface area (Å²) in [7, 11) is -3.57. The molecule has 1 saturated carbocycles. The van der Waals surface area contributed by atoms with E-state index < -0.39 is 10.0 Å². The smallest absolute Gasteiger partial charge is 0.243 e. The van der Waals surface area contributed by atoms with Crippen molar-refractivity contribution in [2.75, 3.05) is 5.73 Å². The van der Waals surface area contributed by atoms with Crippen molar-refractivity contribution in [2.24, 2.45) is 5.92 Å². The van der Waals surface area contributed by atoms with E-state index in [-0.39, 0.29) is 10.9 Å². The van der Waals surface area contributed by atoms with Crippen molar-refractivity contribution in [2.45, 2.75) is 50.0 Å². The van der Waals surface area contributed by atoms with E-state index in [0.717, 1.165) is 25.7 Å². The van der Waals surface area contributed by atoms with Gasteiger partial charge in [0, 0.05) is 20.7 Å². The molecule has 21 heavy (non-hydrogen) atoms. The Kier molecular flexibility index (Phi) is 5.73. The molecule has 2 rings (SSSR count). The molecule has 0 amide bonds. The molecule has 118 valence electrons. The topological polar surface area (TPSA) is 72.2 Å². The number of hydrogen-bond donors (Lipinski definition) is 2. The van der Waals surface area contributed by atoms with Crippen LogP contribution in [0.3, 0.4) is 0 Å². The number of halogens is 2. The fourth-order valence-electron chi connectivity index (χ4n) is 2.72. The summed E-state index contributed by atoms with van der Waals surface area (Å²) in [5.41, 5.74) is 6.23. The first kappa shape index (κ1) is 17.2. The fraction of sp³-hybridized carbons (Fsp3) is 0.571. The molecule has 7 heteroatoms. The van der Waals surface area contributed by atoms with E-state index in [1.165, 1.54) is 6.42 Å². The van der Waals surface area contributed by atoms with Gasteiger partial charge in [-0.25, -0.2) is 13.1 Å². The number of hydrogen-bond acceptors (Lipinski definition) is 3. The molecule has 1 aliphatic rings. The molecule has 1 aromatic rings. The highest BCUT2D eigenvalue weighted by Crippen LogP contribution is 2.33. The summed E-state index contributed by atoms with van der Waals surface area (Å²) in [5, 5.41) is 0. The summed E-state index contributed by atoms with van der Waals surface area (Å²) in [6, 6.07) is 3.22. The number of nitrogens with one attached hydrogen (secondary N) is 1. The van der Waals surface area contributed by atoms with E-state index in [0.29, 0.717) is 20.6 Å². The summed E-state index contributed by atoms with van der Waals surface area (Å²) in [6.07, 6.45) is 5.10. The van der Waals surface area contributed by atoms with Gasteiger partial charge in [-0.1, -0.05) is 19.8 Å². The number of sulfonamides is 1. The highest BCUT2D eigenvalue weighted by atomic mass is 79.9. The summed E-state index contributed by atoms with van der Waals surface area (Å²) in [4.78, 5) is 0.217. The van der Waals surface area contributed by atoms with Gasteiger partial charge in [0.05, 0.1) is 0 Å². The molecule has 0 saturated heterocycles. The second-order valence-corrected chi connectivity index (χ2v) is 9.10. The monoisotopic (exact) mass is 438 g/mol. The molecule has 1 aromatic carbocycles. The van der Waals surface area contributed by atoms with Crippen LogP contribution in [0.1, 0.15) is 39.0 Å². The second kappa shape index (κ2) is 6.98. The van der Waals surface area contributed by atoms with Gasteiger partial charge in [0.2, 0.25) is 10.0 Å². The van der Waals surface area contributed by atoms with E-state index >= 15 is 0 Å². The molecular formula is C14H20Br2N2O2S. The number of rotatable bonds is 3. The van der Waals surface area contributed by atoms with Crippen LogP contribution < -0.4 is 10.5 Å². The van der Waals surface area contributed by atoms with E-state index in [1.807, 2.05) is 0 Å². The lowest BCUT2D eigenvalue weighted by atomic mass is 10.0. The zero-order chi connectivity index (χ0) is 15.6. The van der Waals surface area contributed by atoms with Crippen molar-refractivity contribution in [3.63, 3.8) is 0 Å². The van der Waals surface area contributed by atoms with E-state index in [9.17, 15) is 8.42 Å². The highest BCUT2D eigenvalue weighted by molar-refractivity contribution is 9.11. The van der Waals surface area contributed by atoms with Crippen molar-refractivity contribution < 1.29 is 8.42 Å². The molecule has 1 fully saturated rings. The average molecular weight is 440 g/mol. The van der Waals surface area contributed by atoms with Crippen molar-refractivity contribution in [1.29, 1.82) is 0 Å². The van der Waals surface area contributed by atoms with Crippen LogP contribution in [0, 0.1) is 5.92 Å². The molecule has 0 aromatic heterocycles. The Balaban J connectivity index is 2.23. The van der Waals surface area contributed by atoms with Crippen molar-refractivity contribution in [3.8, 4) is 0 Å². The minimum absolute atomic E-state index is 0.0105. The van der Waals surface area contributed by atoms with Crippen molar-refractivity contribution in [3.05, 3.63) is 21.1 Å². The van der Waals surface area contributed by atoms with Gasteiger partial charge in [0.25, 0.3) is 0 Å². The van der Waals surface area contributed by atoms with Gasteiger partial charge in [-0.2, -0.15) is 0 Å². The third kappa shape index (κ3) is 4.43. The molecule has 0 radical (unpaired) electrons. The maximum Gasteiger partial charge on any atom is 0.243 e. The summed E-state index contributed by atoms with van der Waals surface area (Å²) in [6.45, 7) is 2.23. The molecule has 2 unspecified atom stereocenters. The van der Waals surface area contributed by atoms with Gasteiger partial charge in [-0.15, -0.1) is 0 Å². The molecule has 0 aliphatic heterocycles. The SMILES string of the molecule is CC1CCCC(NS(=O)(=O)c2c(Br)cc(N)cc2Br)CC1. The lowest BCUT2D eigenvalue weighted by molar-refractivity contribution is 0.484. The van der Waals surface area contributed by atoms with Gasteiger partial charge >= 0.3 is 0 Å². The third-order valence-electron chi connectivity index (χ3n) is 3.87. The number of benzene rings is 1. The normalized spacial score (nSPS) is 23.8. The van der Waals surface area contributed by atoms with Gasteiger partial charge < -0.3 is 5.73 Å². The first-order valence-electron chi connectivity index (χ1n) is 7.06. The maximum atomic E-state index is 12.6. The fourth-order valence-corrected chi connectivity index (χ4v) is 6.64. The number of anilines is 1. The Morgan fingerprint density at radius 3 is 2.38 bits per heavy atom. The number of nitrogens with two attached hydrogens (primary N) is 1. The molecule has 0 spiro atoms. The van der Waals surface area contributed by atoms with Gasteiger partial charge in [-0.05, 0) is 69.2 Å². The predicted octanol–water partition coefficient (Wildman–Crippen LogP) is 4.04. The zero-order valence-electron chi connectivity index (χ0n) is 11.9. The summed E-state index contributed by atoms with van der Waals surface area (Å²) < 4.78 is 29.1. The first-order chi connectivity index (χ1) is 9.79. The first-order valence-corrected chi connectivity index (χ1v) is 10.1. The average Bonchev–Trinajstić information content (AvgIpc) is 2.52. The van der Waals surface area contributed by atoms with Gasteiger partial charge in [0.1, 0.15) is 4.90 Å². The highest BCUT2D eigenvalue weighted by Gasteiger charge is 2.26. The Labute approximate surface area is 143 Å². The lowest BCUT2D eigenvalue weighted by Gasteiger charge is -2.18. The Morgan fingerprint density at radius 1 is 1.14 bits per heavy atom. The lowest BCUT2D eigenvalue weighted by Crippen LogP contribution is -2.34. The molecule has 1 aliphatic carbocycles. The molecule has 0 bridgehead atoms. The summed E-state index contributed by atoms with van der Waals surface area (Å²) >= 11 is 6.59. The Bertz CT molecular complexity index is 596. The van der Waals surface area contributed by atoms with Crippen molar-refractivity contribution in [1.82, 2.24) is 4.72 Å². The van der Waals surface area contributed by atoms with Crippen molar-refractivity contribution >= 4 is 47.6 Å². The van der Waals surface area contributed by atoms with Crippen LogP contribution in [-0.4, -0.2) is 14.5 Å². The van der Waals surface area contributed by atoms with E-state index in [2.05, 4.69) is 43.5 Å². The van der Waals surface area contributed by atoms with E-state index in [4.69, 9.17) is 5.73 Å². The van der Waals surface area contributed by atoms with Crippen LogP contribution in [0.5, 0.6) is 0 Å². The minimum Gasteiger partial charge on any atom is -0.399 e. The molecular weight excluding hydrogens is 420 g/mol. The zero-order valence-corrected chi connectivity index (χ0v) is 15.9. The van der Waals surface area contributed by atoms with Crippen LogP contribution >= 0.6 is 31.9 Å². The quantitative estimate of drug-likeness (QED) is 0.551. The molecule has 0 heterocycles. The van der Waals surface area contributed by atoms with Crippen LogP contribution in [-0.2, 0) is 10.0 Å². The minimum atomic E-state index is -3.57. The second-order valence-electron chi connectivity index (χ2n) is 5.75. The number of nitrogen functional groups attached to an aromatic ring is 1. The maximum absolute atomic E-state index is 12.6. The van der Waals surface area contributed by atoms with Crippen LogP contribution in [0.15, 0.2) is 26.0 Å². The van der Waals surface area contributed by atoms with E-state index in [1.54, 1.807) is 12.1 Å². The van der Waals surface area contributed by atoms with Gasteiger partial charge in [-0.3, -0.25) is 0 Å². The Hall–Kier alpha value is -0.110. The molecule has 2 atom stereocenters. The molecule has 3 N–H and O–H groups in total.